The number of hydrogen-bond acceptors (Lipinski definition) is 2. The fourth-order valence-electron chi connectivity index (χ4n) is 2.80. The molecule has 1 atom stereocenters. The minimum absolute atomic E-state index is 0.173. The molecule has 0 radical (unpaired) electrons. The summed E-state index contributed by atoms with van der Waals surface area (Å²) in [6.07, 6.45) is 6.21. The van der Waals surface area contributed by atoms with Gasteiger partial charge >= 0.3 is 5.97 Å². The zero-order valence-corrected chi connectivity index (χ0v) is 11.5. The summed E-state index contributed by atoms with van der Waals surface area (Å²) in [4.78, 5) is 23.2. The molecule has 4 nitrogen and oxygen atoms in total. The Hall–Kier alpha value is -1.84. The van der Waals surface area contributed by atoms with E-state index in [1.54, 1.807) is 24.3 Å². The third kappa shape index (κ3) is 4.08. The van der Waals surface area contributed by atoms with Crippen LogP contribution < -0.4 is 5.32 Å². The Balaban J connectivity index is 1.87. The van der Waals surface area contributed by atoms with E-state index in [0.717, 1.165) is 6.42 Å². The van der Waals surface area contributed by atoms with Crippen molar-refractivity contribution in [3.05, 3.63) is 35.9 Å². The number of carboxylic acids is 1. The molecule has 1 aromatic rings. The lowest BCUT2D eigenvalue weighted by atomic mass is 10.0. The Morgan fingerprint density at radius 2 is 1.85 bits per heavy atom. The fourth-order valence-corrected chi connectivity index (χ4v) is 2.80. The molecule has 1 aliphatic rings. The molecule has 108 valence electrons. The predicted molar refractivity (Wildman–Crippen MR) is 76.2 cm³/mol. The first-order valence-electron chi connectivity index (χ1n) is 7.24. The molecule has 2 N–H and O–H groups in total. The number of hydrogen-bond donors (Lipinski definition) is 2. The van der Waals surface area contributed by atoms with Crippen molar-refractivity contribution in [2.45, 2.75) is 44.6 Å². The SMILES string of the molecule is O=C(CCC1CCCC1)N[C@H](C(=O)O)c1ccccc1. The molecule has 0 saturated heterocycles. The number of carbonyl (C=O) groups is 2. The van der Waals surface area contributed by atoms with Crippen LogP contribution >= 0.6 is 0 Å². The summed E-state index contributed by atoms with van der Waals surface area (Å²) in [5, 5.41) is 11.9. The van der Waals surface area contributed by atoms with Crippen molar-refractivity contribution < 1.29 is 14.7 Å². The van der Waals surface area contributed by atoms with Gasteiger partial charge in [0.05, 0.1) is 0 Å². The van der Waals surface area contributed by atoms with E-state index in [1.165, 1.54) is 25.7 Å². The van der Waals surface area contributed by atoms with Crippen LogP contribution in [0.15, 0.2) is 30.3 Å². The molecule has 4 heteroatoms. The van der Waals surface area contributed by atoms with Crippen molar-refractivity contribution in [1.29, 1.82) is 0 Å². The molecule has 0 unspecified atom stereocenters. The average molecular weight is 275 g/mol. The van der Waals surface area contributed by atoms with Crippen molar-refractivity contribution in [3.63, 3.8) is 0 Å². The molecule has 2 rings (SSSR count). The zero-order chi connectivity index (χ0) is 14.4. The van der Waals surface area contributed by atoms with Crippen molar-refractivity contribution in [2.75, 3.05) is 0 Å². The van der Waals surface area contributed by atoms with Crippen LogP contribution in [0.4, 0.5) is 0 Å². The van der Waals surface area contributed by atoms with Gasteiger partial charge in [0.2, 0.25) is 5.91 Å². The first-order chi connectivity index (χ1) is 9.66. The molecule has 1 fully saturated rings. The van der Waals surface area contributed by atoms with E-state index in [4.69, 9.17) is 0 Å². The van der Waals surface area contributed by atoms with Crippen LogP contribution in [-0.4, -0.2) is 17.0 Å². The van der Waals surface area contributed by atoms with E-state index in [-0.39, 0.29) is 5.91 Å². The standard InChI is InChI=1S/C16H21NO3/c18-14(11-10-12-6-4-5-7-12)17-15(16(19)20)13-8-2-1-3-9-13/h1-3,8-9,12,15H,4-7,10-11H2,(H,17,18)(H,19,20)/t15-/m0/s1. The molecule has 0 heterocycles. The molecule has 1 aliphatic carbocycles. The Kier molecular flexibility index (Phi) is 5.16. The minimum Gasteiger partial charge on any atom is -0.479 e. The van der Waals surface area contributed by atoms with Gasteiger partial charge in [-0.25, -0.2) is 4.79 Å². The molecule has 1 aromatic carbocycles. The third-order valence-corrected chi connectivity index (χ3v) is 3.94. The molecule has 0 bridgehead atoms. The van der Waals surface area contributed by atoms with Crippen LogP contribution in [0.5, 0.6) is 0 Å². The monoisotopic (exact) mass is 275 g/mol. The maximum absolute atomic E-state index is 11.9. The van der Waals surface area contributed by atoms with Crippen molar-refractivity contribution >= 4 is 11.9 Å². The van der Waals surface area contributed by atoms with Crippen LogP contribution in [0.25, 0.3) is 0 Å². The van der Waals surface area contributed by atoms with Crippen LogP contribution in [0.1, 0.15) is 50.1 Å². The summed E-state index contributed by atoms with van der Waals surface area (Å²) in [5.74, 6) is -0.556. The van der Waals surface area contributed by atoms with E-state index in [2.05, 4.69) is 5.32 Å². The molecule has 20 heavy (non-hydrogen) atoms. The van der Waals surface area contributed by atoms with Crippen molar-refractivity contribution in [1.82, 2.24) is 5.32 Å². The van der Waals surface area contributed by atoms with E-state index < -0.39 is 12.0 Å². The average Bonchev–Trinajstić information content (AvgIpc) is 2.96. The molecule has 0 aromatic heterocycles. The highest BCUT2D eigenvalue weighted by Gasteiger charge is 2.22. The number of rotatable bonds is 6. The van der Waals surface area contributed by atoms with Gasteiger partial charge in [0.25, 0.3) is 0 Å². The quantitative estimate of drug-likeness (QED) is 0.839. The minimum atomic E-state index is -1.02. The summed E-state index contributed by atoms with van der Waals surface area (Å²) in [6, 6.07) is 7.86. The lowest BCUT2D eigenvalue weighted by Gasteiger charge is -2.15. The molecule has 1 amide bonds. The number of aliphatic carboxylic acids is 1. The molecule has 0 spiro atoms. The van der Waals surface area contributed by atoms with Gasteiger partial charge in [0.1, 0.15) is 0 Å². The lowest BCUT2D eigenvalue weighted by molar-refractivity contribution is -0.142. The Morgan fingerprint density at radius 3 is 2.45 bits per heavy atom. The zero-order valence-electron chi connectivity index (χ0n) is 11.5. The summed E-state index contributed by atoms with van der Waals surface area (Å²) in [5.41, 5.74) is 0.606. The summed E-state index contributed by atoms with van der Waals surface area (Å²) in [7, 11) is 0. The number of carbonyl (C=O) groups excluding carboxylic acids is 1. The van der Waals surface area contributed by atoms with Gasteiger partial charge < -0.3 is 10.4 Å². The number of carboxylic acid groups (broad SMARTS) is 1. The molecular weight excluding hydrogens is 254 g/mol. The largest absolute Gasteiger partial charge is 0.479 e. The summed E-state index contributed by atoms with van der Waals surface area (Å²) >= 11 is 0. The van der Waals surface area contributed by atoms with E-state index >= 15 is 0 Å². The van der Waals surface area contributed by atoms with Gasteiger partial charge in [-0.3, -0.25) is 4.79 Å². The van der Waals surface area contributed by atoms with Gasteiger partial charge in [-0.1, -0.05) is 56.0 Å². The Labute approximate surface area is 119 Å². The molecular formula is C16H21NO3. The molecule has 0 aliphatic heterocycles. The first-order valence-corrected chi connectivity index (χ1v) is 7.24. The maximum Gasteiger partial charge on any atom is 0.330 e. The van der Waals surface area contributed by atoms with Gasteiger partial charge in [-0.15, -0.1) is 0 Å². The van der Waals surface area contributed by atoms with Crippen LogP contribution in [0.3, 0.4) is 0 Å². The second kappa shape index (κ2) is 7.08. The lowest BCUT2D eigenvalue weighted by Crippen LogP contribution is -2.33. The predicted octanol–water partition coefficient (Wildman–Crippen LogP) is 2.90. The number of nitrogens with one attached hydrogen (secondary N) is 1. The number of amides is 1. The number of benzene rings is 1. The summed E-state index contributed by atoms with van der Waals surface area (Å²) < 4.78 is 0. The first kappa shape index (κ1) is 14.6. The van der Waals surface area contributed by atoms with Gasteiger partial charge in [0.15, 0.2) is 6.04 Å². The van der Waals surface area contributed by atoms with E-state index in [1.807, 2.05) is 6.07 Å². The highest BCUT2D eigenvalue weighted by molar-refractivity contribution is 5.84. The second-order valence-electron chi connectivity index (χ2n) is 5.44. The fraction of sp³-hybridized carbons (Fsp3) is 0.500. The van der Waals surface area contributed by atoms with Crippen LogP contribution in [-0.2, 0) is 9.59 Å². The Morgan fingerprint density at radius 1 is 1.20 bits per heavy atom. The summed E-state index contributed by atoms with van der Waals surface area (Å²) in [6.45, 7) is 0. The second-order valence-corrected chi connectivity index (χ2v) is 5.44. The van der Waals surface area contributed by atoms with Gasteiger partial charge in [0, 0.05) is 6.42 Å². The third-order valence-electron chi connectivity index (χ3n) is 3.94. The van der Waals surface area contributed by atoms with Crippen molar-refractivity contribution in [3.8, 4) is 0 Å². The Bertz CT molecular complexity index is 452. The van der Waals surface area contributed by atoms with E-state index in [0.29, 0.717) is 17.9 Å². The topological polar surface area (TPSA) is 66.4 Å². The van der Waals surface area contributed by atoms with E-state index in [9.17, 15) is 14.7 Å². The van der Waals surface area contributed by atoms with Gasteiger partial charge in [-0.05, 0) is 17.9 Å². The highest BCUT2D eigenvalue weighted by Crippen LogP contribution is 2.28. The van der Waals surface area contributed by atoms with Gasteiger partial charge in [-0.2, -0.15) is 0 Å². The smallest absolute Gasteiger partial charge is 0.330 e. The highest BCUT2D eigenvalue weighted by atomic mass is 16.4. The van der Waals surface area contributed by atoms with Crippen LogP contribution in [0, 0.1) is 5.92 Å². The maximum atomic E-state index is 11.9. The molecule has 1 saturated carbocycles. The van der Waals surface area contributed by atoms with Crippen LogP contribution in [0.2, 0.25) is 0 Å². The van der Waals surface area contributed by atoms with Crippen molar-refractivity contribution in [2.24, 2.45) is 5.92 Å². The normalized spacial score (nSPS) is 16.8.